The number of azide groups is 1. The number of nitrogens with zero attached hydrogens (tertiary/aromatic N) is 4. The Morgan fingerprint density at radius 1 is 1.50 bits per heavy atom. The van der Waals surface area contributed by atoms with Crippen LogP contribution in [-0.4, -0.2) is 18.6 Å². The topological polar surface area (TPSA) is 62.9 Å². The van der Waals surface area contributed by atoms with Gasteiger partial charge in [-0.15, -0.1) is 0 Å². The molecule has 1 radical (unpaired) electrons. The van der Waals surface area contributed by atoms with E-state index in [2.05, 4.69) is 22.3 Å². The average Bonchev–Trinajstić information content (AvgIpc) is 1.87. The smallest absolute Gasteiger partial charge is 0.0415 e. The SMILES string of the molecule is [CH2-]C[N-]CCC(C)(C)N=[N+]=[N-].[U].[V].[W]. The van der Waals surface area contributed by atoms with Crippen molar-refractivity contribution in [2.75, 3.05) is 13.1 Å². The molecule has 0 N–H and O–H groups in total. The normalized spacial score (nSPS) is 8.50. The molecule has 7 heteroatoms. The summed E-state index contributed by atoms with van der Waals surface area (Å²) in [5, 5.41) is 7.67. The van der Waals surface area contributed by atoms with Gasteiger partial charge in [0.05, 0.1) is 0 Å². The molecule has 0 aliphatic rings. The molecule has 0 atom stereocenters. The van der Waals surface area contributed by atoms with Gasteiger partial charge in [0.15, 0.2) is 0 Å². The fraction of sp³-hybridized carbons (Fsp3) is 0.857. The van der Waals surface area contributed by atoms with Crippen molar-refractivity contribution in [1.82, 2.24) is 0 Å². The van der Waals surface area contributed by atoms with Crippen molar-refractivity contribution in [3.8, 4) is 0 Å². The quantitative estimate of drug-likeness (QED) is 0.148. The number of rotatable bonds is 5. The van der Waals surface area contributed by atoms with E-state index >= 15 is 0 Å². The fourth-order valence-electron chi connectivity index (χ4n) is 0.636. The molecule has 0 spiro atoms. The van der Waals surface area contributed by atoms with Crippen LogP contribution >= 0.6 is 0 Å². The van der Waals surface area contributed by atoms with E-state index in [-0.39, 0.29) is 76.3 Å². The van der Waals surface area contributed by atoms with Gasteiger partial charge in [0.2, 0.25) is 0 Å². The molecule has 0 bridgehead atoms. The van der Waals surface area contributed by atoms with Crippen LogP contribution in [0.1, 0.15) is 20.3 Å². The third-order valence-electron chi connectivity index (χ3n) is 1.36. The van der Waals surface area contributed by atoms with E-state index in [0.29, 0.717) is 6.54 Å². The van der Waals surface area contributed by atoms with Crippen LogP contribution in [0, 0.1) is 38.0 Å². The van der Waals surface area contributed by atoms with Crippen molar-refractivity contribution in [2.45, 2.75) is 25.8 Å². The molecule has 0 saturated carbocycles. The van der Waals surface area contributed by atoms with Crippen LogP contribution in [0.4, 0.5) is 0 Å². The zero-order valence-electron chi connectivity index (χ0n) is 8.47. The third kappa shape index (κ3) is 16.0. The van der Waals surface area contributed by atoms with Crippen LogP contribution < -0.4 is 0 Å². The van der Waals surface area contributed by atoms with Gasteiger partial charge in [-0.3, -0.25) is 6.54 Å². The molecule has 0 aromatic rings. The van der Waals surface area contributed by atoms with Crippen molar-refractivity contribution >= 4 is 0 Å². The molecule has 0 aliphatic heterocycles. The Bertz CT molecular complexity index is 162. The first kappa shape index (κ1) is 24.7. The molecule has 0 fully saturated rings. The summed E-state index contributed by atoms with van der Waals surface area (Å²) in [4.78, 5) is 2.75. The van der Waals surface area contributed by atoms with E-state index in [9.17, 15) is 0 Å². The van der Waals surface area contributed by atoms with Crippen LogP contribution in [0.5, 0.6) is 0 Å². The van der Waals surface area contributed by atoms with Gasteiger partial charge in [-0.1, -0.05) is 25.4 Å². The van der Waals surface area contributed by atoms with Crippen molar-refractivity contribution in [3.05, 3.63) is 22.7 Å². The van der Waals surface area contributed by atoms with Crippen molar-refractivity contribution in [1.29, 1.82) is 0 Å². The van der Waals surface area contributed by atoms with Gasteiger partial charge < -0.3 is 12.2 Å². The van der Waals surface area contributed by atoms with Crippen LogP contribution in [0.3, 0.4) is 0 Å². The van der Waals surface area contributed by atoms with Gasteiger partial charge in [0.25, 0.3) is 0 Å². The second-order valence-corrected chi connectivity index (χ2v) is 2.92. The molecule has 0 unspecified atom stereocenters. The molecule has 4 nitrogen and oxygen atoms in total. The third-order valence-corrected chi connectivity index (χ3v) is 1.36. The van der Waals surface area contributed by atoms with Crippen molar-refractivity contribution in [2.24, 2.45) is 5.11 Å². The summed E-state index contributed by atoms with van der Waals surface area (Å²) in [5.41, 5.74) is 7.86. The maximum absolute atomic E-state index is 8.17. The van der Waals surface area contributed by atoms with Gasteiger partial charge in [0.1, 0.15) is 0 Å². The second-order valence-electron chi connectivity index (χ2n) is 2.92. The summed E-state index contributed by atoms with van der Waals surface area (Å²) in [6.07, 6.45) is 0.784. The van der Waals surface area contributed by atoms with E-state index < -0.39 is 0 Å². The van der Waals surface area contributed by atoms with E-state index in [0.717, 1.165) is 13.0 Å². The zero-order chi connectivity index (χ0) is 8.74. The second kappa shape index (κ2) is 14.6. The summed E-state index contributed by atoms with van der Waals surface area (Å²) in [7, 11) is 0. The van der Waals surface area contributed by atoms with Crippen LogP contribution in [0.25, 0.3) is 15.8 Å². The van der Waals surface area contributed by atoms with Crippen molar-refractivity contribution < 1.29 is 70.7 Å². The minimum atomic E-state index is -0.312. The minimum Gasteiger partial charge on any atom is -0.688 e. The Labute approximate surface area is 136 Å². The molecule has 79 valence electrons. The van der Waals surface area contributed by atoms with Gasteiger partial charge >= 0.3 is 0 Å². The molecular weight excluding hydrogens is 613 g/mol. The molecule has 0 rings (SSSR count). The zero-order valence-corrected chi connectivity index (χ0v) is 17.0. The molecular formula is C7H14N4UVW-2. The maximum atomic E-state index is 8.17. The summed E-state index contributed by atoms with van der Waals surface area (Å²) < 4.78 is 0. The van der Waals surface area contributed by atoms with E-state index in [1.165, 1.54) is 0 Å². The van der Waals surface area contributed by atoms with Gasteiger partial charge in [-0.25, -0.2) is 0 Å². The van der Waals surface area contributed by atoms with Gasteiger partial charge in [0, 0.05) is 81.2 Å². The summed E-state index contributed by atoms with van der Waals surface area (Å²) in [6.45, 7) is 8.68. The van der Waals surface area contributed by atoms with Crippen LogP contribution in [0.2, 0.25) is 0 Å². The van der Waals surface area contributed by atoms with Gasteiger partial charge in [-0.2, -0.15) is 6.54 Å². The largest absolute Gasteiger partial charge is 0.688 e. The Balaban J connectivity index is -0.000000167. The molecule has 0 aromatic heterocycles. The molecule has 0 amide bonds. The van der Waals surface area contributed by atoms with Crippen LogP contribution in [0.15, 0.2) is 5.11 Å². The Hall–Kier alpha value is 1.59. The Morgan fingerprint density at radius 3 is 2.36 bits per heavy atom. The monoisotopic (exact) mass is 627 g/mol. The first-order valence-corrected chi connectivity index (χ1v) is 3.61. The molecule has 0 saturated heterocycles. The van der Waals surface area contributed by atoms with Crippen LogP contribution in [-0.2, 0) is 39.6 Å². The van der Waals surface area contributed by atoms with Gasteiger partial charge in [-0.05, 0) is 5.53 Å². The Kier molecular flexibility index (Phi) is 25.8. The molecule has 0 heterocycles. The Morgan fingerprint density at radius 2 is 2.00 bits per heavy atom. The molecule has 0 aliphatic carbocycles. The minimum absolute atomic E-state index is 0. The van der Waals surface area contributed by atoms with Crippen molar-refractivity contribution in [3.63, 3.8) is 0 Å². The molecule has 14 heavy (non-hydrogen) atoms. The number of hydrogen-bond donors (Lipinski definition) is 0. The predicted octanol–water partition coefficient (Wildman–Crippen LogP) is 2.67. The summed E-state index contributed by atoms with van der Waals surface area (Å²) in [6, 6.07) is 0. The van der Waals surface area contributed by atoms with E-state index in [1.54, 1.807) is 0 Å². The average molecular weight is 627 g/mol. The summed E-state index contributed by atoms with van der Waals surface area (Å²) >= 11 is 0. The molecule has 0 aromatic carbocycles. The summed E-state index contributed by atoms with van der Waals surface area (Å²) in [5.74, 6) is 0. The first-order chi connectivity index (χ1) is 5.12. The predicted molar refractivity (Wildman–Crippen MR) is 46.3 cm³/mol. The fourth-order valence-corrected chi connectivity index (χ4v) is 0.636. The first-order valence-electron chi connectivity index (χ1n) is 3.61. The number of hydrogen-bond acceptors (Lipinski definition) is 1. The van der Waals surface area contributed by atoms with E-state index in [4.69, 9.17) is 5.53 Å². The maximum Gasteiger partial charge on any atom is 0.0415 e. The van der Waals surface area contributed by atoms with E-state index in [1.807, 2.05) is 13.8 Å². The standard InChI is InChI=1S/C7H14N4.U.V.W/c1-4-9-6-5-7(2,3)10-11-8;;;/h1,4-6H2,2-3H3;;;/q-2;;;.